The number of nitrogens with zero attached hydrogens (tertiary/aromatic N) is 4. The van der Waals surface area contributed by atoms with Crippen LogP contribution in [0.25, 0.3) is 0 Å². The van der Waals surface area contributed by atoms with Gasteiger partial charge in [0.05, 0.1) is 12.2 Å². The molecule has 30 heavy (non-hydrogen) atoms. The Morgan fingerprint density at radius 1 is 1.23 bits per heavy atom. The standard InChI is InChI=1S/C21H30N6O3/c1-21(2,3)16-7-8-17(28)27(25-16)13-12-26-11-5-4-6-15(26)14-24-20(30)18-19(29)23-10-9-22-18/h7-10,15H,4-6,11-14H2,1-3H3,(H,23,29)(H,24,30). The molecule has 1 saturated heterocycles. The van der Waals surface area contributed by atoms with Crippen LogP contribution in [0.3, 0.4) is 0 Å². The zero-order chi connectivity index (χ0) is 21.7. The highest BCUT2D eigenvalue weighted by Gasteiger charge is 2.24. The Kier molecular flexibility index (Phi) is 6.81. The van der Waals surface area contributed by atoms with Gasteiger partial charge in [0.2, 0.25) is 0 Å². The predicted molar refractivity (Wildman–Crippen MR) is 114 cm³/mol. The summed E-state index contributed by atoms with van der Waals surface area (Å²) in [6.07, 6.45) is 5.89. The van der Waals surface area contributed by atoms with E-state index in [0.717, 1.165) is 31.5 Å². The van der Waals surface area contributed by atoms with E-state index in [0.29, 0.717) is 19.6 Å². The second-order valence-electron chi connectivity index (χ2n) is 8.69. The molecule has 1 aliphatic rings. The topological polar surface area (TPSA) is 113 Å². The number of H-pyrrole nitrogens is 1. The summed E-state index contributed by atoms with van der Waals surface area (Å²) in [6.45, 7) is 8.70. The Hall–Kier alpha value is -2.81. The lowest BCUT2D eigenvalue weighted by Crippen LogP contribution is -2.48. The van der Waals surface area contributed by atoms with Crippen molar-refractivity contribution in [3.05, 3.63) is 56.6 Å². The van der Waals surface area contributed by atoms with E-state index in [4.69, 9.17) is 0 Å². The molecule has 0 radical (unpaired) electrons. The molecular formula is C21H30N6O3. The molecule has 0 spiro atoms. The van der Waals surface area contributed by atoms with E-state index in [1.807, 2.05) is 0 Å². The monoisotopic (exact) mass is 414 g/mol. The smallest absolute Gasteiger partial charge is 0.279 e. The van der Waals surface area contributed by atoms with Crippen molar-refractivity contribution in [2.75, 3.05) is 19.6 Å². The zero-order valence-electron chi connectivity index (χ0n) is 17.9. The molecule has 1 unspecified atom stereocenters. The lowest BCUT2D eigenvalue weighted by molar-refractivity contribution is 0.0902. The average Bonchev–Trinajstić information content (AvgIpc) is 2.71. The number of aromatic nitrogens is 4. The first-order valence-electron chi connectivity index (χ1n) is 10.4. The van der Waals surface area contributed by atoms with E-state index in [1.54, 1.807) is 12.1 Å². The van der Waals surface area contributed by atoms with Crippen molar-refractivity contribution < 1.29 is 4.79 Å². The van der Waals surface area contributed by atoms with Gasteiger partial charge >= 0.3 is 0 Å². The number of nitrogens with one attached hydrogen (secondary N) is 2. The molecule has 0 aromatic carbocycles. The number of carbonyl (C=O) groups is 1. The van der Waals surface area contributed by atoms with Crippen LogP contribution in [0.15, 0.2) is 34.1 Å². The Bertz CT molecular complexity index is 991. The molecule has 1 aliphatic heterocycles. The molecule has 3 heterocycles. The molecule has 1 atom stereocenters. The Morgan fingerprint density at radius 3 is 2.77 bits per heavy atom. The summed E-state index contributed by atoms with van der Waals surface area (Å²) in [5, 5.41) is 7.37. The number of carbonyl (C=O) groups excluding carboxylic acids is 1. The fourth-order valence-corrected chi connectivity index (χ4v) is 3.63. The fourth-order valence-electron chi connectivity index (χ4n) is 3.63. The summed E-state index contributed by atoms with van der Waals surface area (Å²) >= 11 is 0. The molecule has 1 amide bonds. The highest BCUT2D eigenvalue weighted by molar-refractivity contribution is 5.91. The summed E-state index contributed by atoms with van der Waals surface area (Å²) in [5.41, 5.74) is 0.00939. The Labute approximate surface area is 175 Å². The lowest BCUT2D eigenvalue weighted by Gasteiger charge is -2.35. The molecule has 2 aromatic heterocycles. The maximum absolute atomic E-state index is 12.3. The van der Waals surface area contributed by atoms with Gasteiger partial charge in [0.25, 0.3) is 17.0 Å². The Morgan fingerprint density at radius 2 is 2.03 bits per heavy atom. The second-order valence-corrected chi connectivity index (χ2v) is 8.69. The Balaban J connectivity index is 1.63. The number of piperidine rings is 1. The fraction of sp³-hybridized carbons (Fsp3) is 0.571. The first kappa shape index (κ1) is 21.9. The van der Waals surface area contributed by atoms with Gasteiger partial charge < -0.3 is 10.3 Å². The summed E-state index contributed by atoms with van der Waals surface area (Å²) in [5.74, 6) is -0.474. The lowest BCUT2D eigenvalue weighted by atomic mass is 9.92. The minimum atomic E-state index is -0.500. The van der Waals surface area contributed by atoms with Crippen LogP contribution >= 0.6 is 0 Å². The maximum Gasteiger partial charge on any atom is 0.279 e. The third kappa shape index (κ3) is 5.41. The van der Waals surface area contributed by atoms with Crippen LogP contribution in [0, 0.1) is 0 Å². The van der Waals surface area contributed by atoms with Crippen LogP contribution in [0.2, 0.25) is 0 Å². The molecule has 9 heteroatoms. The van der Waals surface area contributed by atoms with Crippen molar-refractivity contribution in [1.82, 2.24) is 30.0 Å². The van der Waals surface area contributed by atoms with Crippen LogP contribution in [-0.4, -0.2) is 56.2 Å². The molecule has 3 rings (SSSR count). The number of likely N-dealkylation sites (tertiary alicyclic amines) is 1. The quantitative estimate of drug-likeness (QED) is 0.726. The van der Waals surface area contributed by atoms with Crippen molar-refractivity contribution in [2.45, 2.75) is 58.0 Å². The van der Waals surface area contributed by atoms with Crippen molar-refractivity contribution in [3.8, 4) is 0 Å². The number of hydrogen-bond donors (Lipinski definition) is 2. The van der Waals surface area contributed by atoms with Gasteiger partial charge in [-0.2, -0.15) is 5.10 Å². The third-order valence-electron chi connectivity index (χ3n) is 5.40. The molecule has 0 saturated carbocycles. The zero-order valence-corrected chi connectivity index (χ0v) is 17.9. The molecular weight excluding hydrogens is 384 g/mol. The number of amides is 1. The predicted octanol–water partition coefficient (Wildman–Crippen LogP) is 0.909. The number of hydrogen-bond acceptors (Lipinski definition) is 6. The van der Waals surface area contributed by atoms with Gasteiger partial charge in [-0.25, -0.2) is 9.67 Å². The molecule has 162 valence electrons. The minimum Gasteiger partial charge on any atom is -0.349 e. The van der Waals surface area contributed by atoms with Crippen molar-refractivity contribution in [3.63, 3.8) is 0 Å². The molecule has 2 N–H and O–H groups in total. The molecule has 2 aromatic rings. The van der Waals surface area contributed by atoms with Crippen LogP contribution in [-0.2, 0) is 12.0 Å². The second kappa shape index (κ2) is 9.34. The largest absolute Gasteiger partial charge is 0.349 e. The van der Waals surface area contributed by atoms with E-state index < -0.39 is 11.5 Å². The van der Waals surface area contributed by atoms with E-state index >= 15 is 0 Å². The third-order valence-corrected chi connectivity index (χ3v) is 5.40. The molecule has 0 bridgehead atoms. The minimum absolute atomic E-state index is 0.112. The maximum atomic E-state index is 12.3. The van der Waals surface area contributed by atoms with Gasteiger partial charge in [0.1, 0.15) is 0 Å². The highest BCUT2D eigenvalue weighted by Crippen LogP contribution is 2.19. The van der Waals surface area contributed by atoms with Crippen molar-refractivity contribution in [1.29, 1.82) is 0 Å². The molecule has 1 fully saturated rings. The van der Waals surface area contributed by atoms with Crippen LogP contribution in [0.5, 0.6) is 0 Å². The normalized spacial score (nSPS) is 17.6. The summed E-state index contributed by atoms with van der Waals surface area (Å²) in [7, 11) is 0. The number of rotatable bonds is 6. The first-order chi connectivity index (χ1) is 14.3. The van der Waals surface area contributed by atoms with E-state index in [2.05, 4.69) is 46.1 Å². The van der Waals surface area contributed by atoms with Crippen molar-refractivity contribution >= 4 is 5.91 Å². The van der Waals surface area contributed by atoms with E-state index in [1.165, 1.54) is 17.1 Å². The van der Waals surface area contributed by atoms with Gasteiger partial charge in [0, 0.05) is 43.0 Å². The van der Waals surface area contributed by atoms with Gasteiger partial charge in [0.15, 0.2) is 5.69 Å². The molecule has 9 nitrogen and oxygen atoms in total. The van der Waals surface area contributed by atoms with Crippen molar-refractivity contribution in [2.24, 2.45) is 0 Å². The summed E-state index contributed by atoms with van der Waals surface area (Å²) < 4.78 is 1.53. The number of aromatic amines is 1. The van der Waals surface area contributed by atoms with Crippen LogP contribution in [0.4, 0.5) is 0 Å². The van der Waals surface area contributed by atoms with Crippen LogP contribution < -0.4 is 16.4 Å². The van der Waals surface area contributed by atoms with E-state index in [-0.39, 0.29) is 22.7 Å². The summed E-state index contributed by atoms with van der Waals surface area (Å²) in [4.78, 5) is 44.9. The summed E-state index contributed by atoms with van der Waals surface area (Å²) in [6, 6.07) is 3.51. The average molecular weight is 415 g/mol. The van der Waals surface area contributed by atoms with Crippen LogP contribution in [0.1, 0.15) is 56.2 Å². The molecule has 0 aliphatic carbocycles. The van der Waals surface area contributed by atoms with Gasteiger partial charge in [-0.3, -0.25) is 19.3 Å². The first-order valence-corrected chi connectivity index (χ1v) is 10.4. The van der Waals surface area contributed by atoms with Gasteiger partial charge in [-0.15, -0.1) is 0 Å². The van der Waals surface area contributed by atoms with E-state index in [9.17, 15) is 14.4 Å². The highest BCUT2D eigenvalue weighted by atomic mass is 16.2. The SMILES string of the molecule is CC(C)(C)c1ccc(=O)n(CCN2CCCCC2CNC(=O)c2ncc[nH]c2=O)n1. The van der Waals surface area contributed by atoms with Gasteiger partial charge in [-0.05, 0) is 25.5 Å². The van der Waals surface area contributed by atoms with Gasteiger partial charge in [-0.1, -0.05) is 27.2 Å².